The van der Waals surface area contributed by atoms with Crippen LogP contribution >= 0.6 is 0 Å². The van der Waals surface area contributed by atoms with Crippen LogP contribution in [0.15, 0.2) is 36.4 Å². The van der Waals surface area contributed by atoms with Crippen LogP contribution in [0.2, 0.25) is 6.82 Å². The fourth-order valence-electron chi connectivity index (χ4n) is 2.38. The van der Waals surface area contributed by atoms with Crippen molar-refractivity contribution in [1.29, 1.82) is 0 Å². The summed E-state index contributed by atoms with van der Waals surface area (Å²) in [5.41, 5.74) is 3.70. The molecule has 0 amide bonds. The van der Waals surface area contributed by atoms with Crippen LogP contribution in [-0.4, -0.2) is 6.92 Å². The van der Waals surface area contributed by atoms with Crippen LogP contribution in [0.4, 0.5) is 14.5 Å². The van der Waals surface area contributed by atoms with E-state index in [1.54, 1.807) is 0 Å². The SMILES string of the molecule is CB1OCc2ccc(NCc3ccc(F)cc3F)cc21. The van der Waals surface area contributed by atoms with Gasteiger partial charge >= 0.3 is 6.92 Å². The number of fused-ring (bicyclic) bond motifs is 1. The molecule has 0 atom stereocenters. The van der Waals surface area contributed by atoms with Gasteiger partial charge in [0.2, 0.25) is 0 Å². The van der Waals surface area contributed by atoms with Gasteiger partial charge in [-0.3, -0.25) is 0 Å². The van der Waals surface area contributed by atoms with E-state index >= 15 is 0 Å². The van der Waals surface area contributed by atoms with E-state index in [9.17, 15) is 8.78 Å². The first-order chi connectivity index (χ1) is 9.63. The molecule has 0 aromatic heterocycles. The lowest BCUT2D eigenvalue weighted by Gasteiger charge is -2.09. The van der Waals surface area contributed by atoms with Crippen molar-refractivity contribution in [3.05, 3.63) is 59.2 Å². The van der Waals surface area contributed by atoms with Crippen molar-refractivity contribution in [2.24, 2.45) is 0 Å². The Bertz CT molecular complexity index is 648. The minimum atomic E-state index is -0.560. The van der Waals surface area contributed by atoms with Gasteiger partial charge in [0.15, 0.2) is 0 Å². The van der Waals surface area contributed by atoms with E-state index in [1.165, 1.54) is 17.7 Å². The Morgan fingerprint density at radius 2 is 2.05 bits per heavy atom. The highest BCUT2D eigenvalue weighted by Crippen LogP contribution is 2.17. The highest BCUT2D eigenvalue weighted by Gasteiger charge is 2.23. The average Bonchev–Trinajstić information content (AvgIpc) is 2.79. The van der Waals surface area contributed by atoms with Gasteiger partial charge in [-0.05, 0) is 29.2 Å². The second-order valence-electron chi connectivity index (χ2n) is 4.96. The second kappa shape index (κ2) is 5.25. The Hall–Kier alpha value is -1.88. The topological polar surface area (TPSA) is 21.3 Å². The summed E-state index contributed by atoms with van der Waals surface area (Å²) in [5.74, 6) is -1.09. The summed E-state index contributed by atoms with van der Waals surface area (Å²) in [5, 5.41) is 3.15. The molecule has 2 aromatic rings. The van der Waals surface area contributed by atoms with Gasteiger partial charge in [-0.25, -0.2) is 8.78 Å². The van der Waals surface area contributed by atoms with Gasteiger partial charge in [0.1, 0.15) is 11.6 Å². The Morgan fingerprint density at radius 3 is 2.85 bits per heavy atom. The first-order valence-electron chi connectivity index (χ1n) is 6.56. The molecule has 0 unspecified atom stereocenters. The highest BCUT2D eigenvalue weighted by atomic mass is 19.1. The Labute approximate surface area is 116 Å². The zero-order valence-corrected chi connectivity index (χ0v) is 11.1. The van der Waals surface area contributed by atoms with Crippen molar-refractivity contribution in [1.82, 2.24) is 0 Å². The van der Waals surface area contributed by atoms with Gasteiger partial charge in [-0.1, -0.05) is 19.0 Å². The molecule has 0 saturated carbocycles. The summed E-state index contributed by atoms with van der Waals surface area (Å²) in [6.07, 6.45) is 0. The van der Waals surface area contributed by atoms with Crippen LogP contribution < -0.4 is 10.8 Å². The predicted molar refractivity (Wildman–Crippen MR) is 76.2 cm³/mol. The van der Waals surface area contributed by atoms with E-state index in [-0.39, 0.29) is 6.92 Å². The molecule has 3 rings (SSSR count). The number of hydrogen-bond acceptors (Lipinski definition) is 2. The van der Waals surface area contributed by atoms with E-state index in [2.05, 4.69) is 5.32 Å². The van der Waals surface area contributed by atoms with Gasteiger partial charge in [0.25, 0.3) is 0 Å². The standard InChI is InChI=1S/C15H14BF2NO/c1-16-14-7-13(5-3-11(14)9-20-16)19-8-10-2-4-12(17)6-15(10)18/h2-7,19H,8-9H2,1H3. The number of hydrogen-bond donors (Lipinski definition) is 1. The number of benzene rings is 2. The molecule has 0 aliphatic carbocycles. The number of rotatable bonds is 3. The summed E-state index contributed by atoms with van der Waals surface area (Å²) in [7, 11) is 0. The second-order valence-corrected chi connectivity index (χ2v) is 4.96. The zero-order chi connectivity index (χ0) is 14.1. The van der Waals surface area contributed by atoms with Crippen LogP contribution in [0.1, 0.15) is 11.1 Å². The molecule has 0 fully saturated rings. The third-order valence-electron chi connectivity index (χ3n) is 3.57. The van der Waals surface area contributed by atoms with Crippen molar-refractivity contribution in [2.45, 2.75) is 20.0 Å². The van der Waals surface area contributed by atoms with Gasteiger partial charge in [0, 0.05) is 23.9 Å². The molecule has 0 radical (unpaired) electrons. The summed E-state index contributed by atoms with van der Waals surface area (Å²) in [6.45, 7) is 3.06. The molecule has 5 heteroatoms. The van der Waals surface area contributed by atoms with E-state index in [4.69, 9.17) is 4.65 Å². The predicted octanol–water partition coefficient (Wildman–Crippen LogP) is 2.94. The van der Waals surface area contributed by atoms with Crippen molar-refractivity contribution in [2.75, 3.05) is 5.32 Å². The molecule has 0 spiro atoms. The summed E-state index contributed by atoms with van der Waals surface area (Å²) in [4.78, 5) is 0. The van der Waals surface area contributed by atoms with Gasteiger partial charge in [0.05, 0.1) is 6.61 Å². The van der Waals surface area contributed by atoms with Crippen LogP contribution in [0.3, 0.4) is 0 Å². The Kier molecular flexibility index (Phi) is 3.44. The van der Waals surface area contributed by atoms with E-state index in [0.717, 1.165) is 17.2 Å². The Balaban J connectivity index is 1.74. The molecule has 1 N–H and O–H groups in total. The highest BCUT2D eigenvalue weighted by molar-refractivity contribution is 6.67. The van der Waals surface area contributed by atoms with Gasteiger partial charge < -0.3 is 9.97 Å². The maximum absolute atomic E-state index is 13.5. The number of nitrogens with one attached hydrogen (secondary N) is 1. The van der Waals surface area contributed by atoms with Crippen molar-refractivity contribution in [3.63, 3.8) is 0 Å². The molecule has 2 nitrogen and oxygen atoms in total. The van der Waals surface area contributed by atoms with E-state index in [0.29, 0.717) is 18.7 Å². The molecular formula is C15H14BF2NO. The minimum Gasteiger partial charge on any atom is -0.427 e. The first-order valence-corrected chi connectivity index (χ1v) is 6.56. The van der Waals surface area contributed by atoms with Crippen molar-refractivity contribution < 1.29 is 13.4 Å². The number of halogens is 2. The number of anilines is 1. The quantitative estimate of drug-likeness (QED) is 0.868. The van der Waals surface area contributed by atoms with Crippen molar-refractivity contribution >= 4 is 18.1 Å². The normalized spacial score (nSPS) is 13.4. The lowest BCUT2D eigenvalue weighted by molar-refractivity contribution is 0.333. The summed E-state index contributed by atoms with van der Waals surface area (Å²) >= 11 is 0. The van der Waals surface area contributed by atoms with Gasteiger partial charge in [-0.15, -0.1) is 0 Å². The largest absolute Gasteiger partial charge is 0.427 e. The molecule has 102 valence electrons. The molecule has 2 aromatic carbocycles. The zero-order valence-electron chi connectivity index (χ0n) is 11.1. The van der Waals surface area contributed by atoms with Crippen LogP contribution in [-0.2, 0) is 17.8 Å². The monoisotopic (exact) mass is 273 g/mol. The summed E-state index contributed by atoms with van der Waals surface area (Å²) < 4.78 is 31.9. The molecule has 1 heterocycles. The minimum absolute atomic E-state index is 0.0920. The maximum Gasteiger partial charge on any atom is 0.324 e. The van der Waals surface area contributed by atoms with E-state index < -0.39 is 11.6 Å². The lowest BCUT2D eigenvalue weighted by Crippen LogP contribution is -2.24. The van der Waals surface area contributed by atoms with Crippen molar-refractivity contribution in [3.8, 4) is 0 Å². The molecule has 0 bridgehead atoms. The molecule has 1 aliphatic rings. The van der Waals surface area contributed by atoms with Gasteiger partial charge in [-0.2, -0.15) is 0 Å². The molecular weight excluding hydrogens is 259 g/mol. The maximum atomic E-state index is 13.5. The van der Waals surface area contributed by atoms with E-state index in [1.807, 2.05) is 25.0 Å². The lowest BCUT2D eigenvalue weighted by atomic mass is 9.64. The Morgan fingerprint density at radius 1 is 1.20 bits per heavy atom. The molecule has 0 saturated heterocycles. The average molecular weight is 273 g/mol. The first kappa shape index (κ1) is 13.1. The van der Waals surface area contributed by atoms with Crippen LogP contribution in [0, 0.1) is 11.6 Å². The van der Waals surface area contributed by atoms with Crippen LogP contribution in [0.5, 0.6) is 0 Å². The third-order valence-corrected chi connectivity index (χ3v) is 3.57. The summed E-state index contributed by atoms with van der Waals surface area (Å²) in [6, 6.07) is 9.60. The fourth-order valence-corrected chi connectivity index (χ4v) is 2.38. The molecule has 1 aliphatic heterocycles. The third kappa shape index (κ3) is 2.54. The van der Waals surface area contributed by atoms with Crippen LogP contribution in [0.25, 0.3) is 0 Å². The fraction of sp³-hybridized carbons (Fsp3) is 0.200. The smallest absolute Gasteiger partial charge is 0.324 e. The molecule has 20 heavy (non-hydrogen) atoms.